The van der Waals surface area contributed by atoms with Crippen molar-refractivity contribution < 1.29 is 18.7 Å². The standard InChI is InChI=1S/C24H28N2O5/c1-14-19(7-6-17-16-4-3-5-18(16)23(29)31-21(14)17)30-15(2)22(28)26-12-10-24(11-13-26)9-8-20(27)25-24/h6-7,15H,3-5,8-13H2,1-2H3,(H,25,27). The largest absolute Gasteiger partial charge is 0.480 e. The van der Waals surface area contributed by atoms with Gasteiger partial charge in [-0.15, -0.1) is 0 Å². The highest BCUT2D eigenvalue weighted by molar-refractivity contribution is 5.87. The molecule has 7 nitrogen and oxygen atoms in total. The third-order valence-corrected chi connectivity index (χ3v) is 7.26. The number of rotatable bonds is 3. The number of fused-ring (bicyclic) bond motifs is 3. The zero-order chi connectivity index (χ0) is 21.8. The topological polar surface area (TPSA) is 88.9 Å². The van der Waals surface area contributed by atoms with Crippen molar-refractivity contribution in [3.63, 3.8) is 0 Å². The van der Waals surface area contributed by atoms with E-state index in [0.29, 0.717) is 30.8 Å². The lowest BCUT2D eigenvalue weighted by Crippen LogP contribution is -2.54. The molecule has 2 amide bonds. The molecular weight excluding hydrogens is 396 g/mol. The number of ether oxygens (including phenoxy) is 1. The zero-order valence-corrected chi connectivity index (χ0v) is 18.1. The van der Waals surface area contributed by atoms with E-state index < -0.39 is 6.10 Å². The molecule has 3 heterocycles. The van der Waals surface area contributed by atoms with Gasteiger partial charge in [0.25, 0.3) is 5.91 Å². The molecule has 1 N–H and O–H groups in total. The molecule has 31 heavy (non-hydrogen) atoms. The number of nitrogens with one attached hydrogen (secondary N) is 1. The van der Waals surface area contributed by atoms with Crippen LogP contribution in [-0.4, -0.2) is 41.4 Å². The number of nitrogens with zero attached hydrogens (tertiary/aromatic N) is 1. The summed E-state index contributed by atoms with van der Waals surface area (Å²) < 4.78 is 11.7. The first kappa shape index (κ1) is 20.1. The van der Waals surface area contributed by atoms with Gasteiger partial charge in [0, 0.05) is 41.6 Å². The van der Waals surface area contributed by atoms with Gasteiger partial charge in [0.1, 0.15) is 11.3 Å². The van der Waals surface area contributed by atoms with Crippen molar-refractivity contribution in [2.24, 2.45) is 0 Å². The summed E-state index contributed by atoms with van der Waals surface area (Å²) in [6.45, 7) is 4.86. The van der Waals surface area contributed by atoms with Gasteiger partial charge in [0.2, 0.25) is 5.91 Å². The third kappa shape index (κ3) is 3.40. The summed E-state index contributed by atoms with van der Waals surface area (Å²) in [4.78, 5) is 38.8. The maximum absolute atomic E-state index is 13.0. The van der Waals surface area contributed by atoms with E-state index in [4.69, 9.17) is 9.15 Å². The van der Waals surface area contributed by atoms with E-state index in [-0.39, 0.29) is 23.0 Å². The second kappa shape index (κ2) is 7.39. The van der Waals surface area contributed by atoms with Crippen LogP contribution in [0.4, 0.5) is 0 Å². The maximum atomic E-state index is 13.0. The lowest BCUT2D eigenvalue weighted by Gasteiger charge is -2.40. The Morgan fingerprint density at radius 2 is 1.87 bits per heavy atom. The first-order valence-corrected chi connectivity index (χ1v) is 11.2. The Bertz CT molecular complexity index is 1130. The van der Waals surface area contributed by atoms with E-state index in [1.165, 1.54) is 0 Å². The molecule has 3 aliphatic rings. The Hall–Kier alpha value is -2.83. The normalized spacial score (nSPS) is 20.7. The molecule has 1 aromatic carbocycles. The van der Waals surface area contributed by atoms with E-state index in [0.717, 1.165) is 60.6 Å². The summed E-state index contributed by atoms with van der Waals surface area (Å²) in [6.07, 6.45) is 4.98. The molecule has 1 aliphatic carbocycles. The van der Waals surface area contributed by atoms with Crippen LogP contribution in [0.3, 0.4) is 0 Å². The molecule has 1 aromatic heterocycles. The smallest absolute Gasteiger partial charge is 0.339 e. The lowest BCUT2D eigenvalue weighted by molar-refractivity contribution is -0.139. The highest BCUT2D eigenvalue weighted by atomic mass is 16.5. The summed E-state index contributed by atoms with van der Waals surface area (Å²) in [6, 6.07) is 3.81. The number of benzene rings is 1. The number of hydrogen-bond acceptors (Lipinski definition) is 5. The number of amides is 2. The first-order chi connectivity index (χ1) is 14.9. The fraction of sp³-hybridized carbons (Fsp3) is 0.542. The van der Waals surface area contributed by atoms with E-state index in [1.807, 2.05) is 24.0 Å². The van der Waals surface area contributed by atoms with E-state index in [1.54, 1.807) is 6.92 Å². The fourth-order valence-electron chi connectivity index (χ4n) is 5.39. The minimum atomic E-state index is -0.649. The molecule has 1 atom stereocenters. The van der Waals surface area contributed by atoms with Crippen molar-refractivity contribution in [2.45, 2.75) is 70.4 Å². The van der Waals surface area contributed by atoms with Crippen LogP contribution < -0.4 is 15.7 Å². The average Bonchev–Trinajstić information content (AvgIpc) is 3.38. The van der Waals surface area contributed by atoms with Crippen molar-refractivity contribution in [3.05, 3.63) is 39.2 Å². The number of aryl methyl sites for hydroxylation is 2. The molecule has 2 aromatic rings. The molecule has 2 saturated heterocycles. The molecule has 0 bridgehead atoms. The van der Waals surface area contributed by atoms with Crippen LogP contribution >= 0.6 is 0 Å². The molecule has 2 aliphatic heterocycles. The van der Waals surface area contributed by atoms with Crippen LogP contribution in [0.5, 0.6) is 5.75 Å². The average molecular weight is 424 g/mol. The minimum Gasteiger partial charge on any atom is -0.480 e. The Morgan fingerprint density at radius 1 is 1.13 bits per heavy atom. The molecule has 7 heteroatoms. The summed E-state index contributed by atoms with van der Waals surface area (Å²) in [5, 5.41) is 4.07. The van der Waals surface area contributed by atoms with Crippen LogP contribution in [0.2, 0.25) is 0 Å². The maximum Gasteiger partial charge on any atom is 0.339 e. The summed E-state index contributed by atoms with van der Waals surface area (Å²) in [7, 11) is 0. The summed E-state index contributed by atoms with van der Waals surface area (Å²) in [5.41, 5.74) is 2.79. The zero-order valence-electron chi connectivity index (χ0n) is 18.1. The molecular formula is C24H28N2O5. The number of carbonyl (C=O) groups is 2. The van der Waals surface area contributed by atoms with Crippen molar-refractivity contribution in [1.29, 1.82) is 0 Å². The van der Waals surface area contributed by atoms with Crippen molar-refractivity contribution >= 4 is 22.8 Å². The predicted octanol–water partition coefficient (Wildman–Crippen LogP) is 2.63. The number of likely N-dealkylation sites (tertiary alicyclic amines) is 1. The Balaban J connectivity index is 1.31. The number of hydrogen-bond donors (Lipinski definition) is 1. The lowest BCUT2D eigenvalue weighted by atomic mass is 9.86. The summed E-state index contributed by atoms with van der Waals surface area (Å²) in [5.74, 6) is 0.612. The monoisotopic (exact) mass is 424 g/mol. The highest BCUT2D eigenvalue weighted by Gasteiger charge is 2.41. The minimum absolute atomic E-state index is 0.0610. The Kier molecular flexibility index (Phi) is 4.79. The van der Waals surface area contributed by atoms with Crippen LogP contribution in [0.1, 0.15) is 55.7 Å². The van der Waals surface area contributed by atoms with Gasteiger partial charge in [-0.2, -0.15) is 0 Å². The SMILES string of the molecule is Cc1c(OC(C)C(=O)N2CCC3(CCC(=O)N3)CC2)ccc2c3c(c(=O)oc12)CCC3. The molecule has 164 valence electrons. The first-order valence-electron chi connectivity index (χ1n) is 11.2. The van der Waals surface area contributed by atoms with Gasteiger partial charge >= 0.3 is 5.63 Å². The molecule has 0 saturated carbocycles. The molecule has 1 spiro atoms. The van der Waals surface area contributed by atoms with Gasteiger partial charge < -0.3 is 19.4 Å². The van der Waals surface area contributed by atoms with Gasteiger partial charge in [-0.1, -0.05) is 0 Å². The number of piperidine rings is 1. The molecule has 1 unspecified atom stereocenters. The van der Waals surface area contributed by atoms with E-state index in [9.17, 15) is 14.4 Å². The quantitative estimate of drug-likeness (QED) is 0.766. The highest BCUT2D eigenvalue weighted by Crippen LogP contribution is 2.34. The van der Waals surface area contributed by atoms with Gasteiger partial charge in [0.05, 0.1) is 0 Å². The van der Waals surface area contributed by atoms with Crippen LogP contribution in [0.25, 0.3) is 11.0 Å². The van der Waals surface area contributed by atoms with E-state index in [2.05, 4.69) is 5.32 Å². The third-order valence-electron chi connectivity index (χ3n) is 7.26. The second-order valence-corrected chi connectivity index (χ2v) is 9.18. The summed E-state index contributed by atoms with van der Waals surface area (Å²) >= 11 is 0. The van der Waals surface area contributed by atoms with Crippen molar-refractivity contribution in [3.8, 4) is 5.75 Å². The fourth-order valence-corrected chi connectivity index (χ4v) is 5.39. The second-order valence-electron chi connectivity index (χ2n) is 9.18. The van der Waals surface area contributed by atoms with Gasteiger partial charge in [-0.3, -0.25) is 9.59 Å². The van der Waals surface area contributed by atoms with Gasteiger partial charge in [-0.05, 0) is 70.1 Å². The van der Waals surface area contributed by atoms with Crippen LogP contribution in [0.15, 0.2) is 21.3 Å². The molecule has 5 rings (SSSR count). The predicted molar refractivity (Wildman–Crippen MR) is 115 cm³/mol. The van der Waals surface area contributed by atoms with Crippen LogP contribution in [0, 0.1) is 6.92 Å². The van der Waals surface area contributed by atoms with Crippen molar-refractivity contribution in [1.82, 2.24) is 10.2 Å². The van der Waals surface area contributed by atoms with Gasteiger partial charge in [0.15, 0.2) is 6.10 Å². The van der Waals surface area contributed by atoms with Gasteiger partial charge in [-0.25, -0.2) is 4.79 Å². The van der Waals surface area contributed by atoms with Crippen molar-refractivity contribution in [2.75, 3.05) is 13.1 Å². The Morgan fingerprint density at radius 3 is 2.58 bits per heavy atom. The molecule has 0 radical (unpaired) electrons. The van der Waals surface area contributed by atoms with E-state index >= 15 is 0 Å². The number of carbonyl (C=O) groups excluding carboxylic acids is 2. The Labute approximate surface area is 180 Å². The molecule has 2 fully saturated rings. The van der Waals surface area contributed by atoms with Crippen LogP contribution in [-0.2, 0) is 22.4 Å².